The van der Waals surface area contributed by atoms with Gasteiger partial charge in [0.2, 0.25) is 11.8 Å². The summed E-state index contributed by atoms with van der Waals surface area (Å²) in [5.74, 6) is -2.11. The minimum absolute atomic E-state index is 0.0455. The number of carbonyl (C=O) groups is 2. The molecule has 7 nitrogen and oxygen atoms in total. The Morgan fingerprint density at radius 2 is 1.37 bits per heavy atom. The van der Waals surface area contributed by atoms with Crippen molar-refractivity contribution < 1.29 is 26.8 Å². The SMILES string of the molecule is Cc1ccc(S(=O)(=O)N(CC(=O)N(Cc2ccc(F)cc2)C(C)C(=O)NC(C)C)c2ccc(F)cc2)cc1. The second-order valence-electron chi connectivity index (χ2n) is 9.29. The Labute approximate surface area is 222 Å². The van der Waals surface area contributed by atoms with Gasteiger partial charge in [0.15, 0.2) is 0 Å². The van der Waals surface area contributed by atoms with Crippen molar-refractivity contribution in [1.29, 1.82) is 0 Å². The van der Waals surface area contributed by atoms with E-state index in [2.05, 4.69) is 5.32 Å². The van der Waals surface area contributed by atoms with Gasteiger partial charge in [0, 0.05) is 12.6 Å². The van der Waals surface area contributed by atoms with Gasteiger partial charge in [-0.3, -0.25) is 13.9 Å². The monoisotopic (exact) mass is 543 g/mol. The van der Waals surface area contributed by atoms with E-state index in [-0.39, 0.29) is 23.2 Å². The fourth-order valence-corrected chi connectivity index (χ4v) is 5.16. The molecule has 0 saturated carbocycles. The molecular weight excluding hydrogens is 512 g/mol. The van der Waals surface area contributed by atoms with Gasteiger partial charge in [-0.25, -0.2) is 17.2 Å². The number of hydrogen-bond acceptors (Lipinski definition) is 4. The minimum Gasteiger partial charge on any atom is -0.352 e. The van der Waals surface area contributed by atoms with E-state index in [1.165, 1.54) is 60.4 Å². The molecule has 0 aromatic heterocycles. The third-order valence-electron chi connectivity index (χ3n) is 5.87. The van der Waals surface area contributed by atoms with E-state index in [0.29, 0.717) is 5.56 Å². The number of hydrogen-bond donors (Lipinski definition) is 1. The maximum Gasteiger partial charge on any atom is 0.264 e. The van der Waals surface area contributed by atoms with Crippen LogP contribution in [0.4, 0.5) is 14.5 Å². The zero-order valence-corrected chi connectivity index (χ0v) is 22.5. The van der Waals surface area contributed by atoms with Crippen LogP contribution >= 0.6 is 0 Å². The molecule has 0 aliphatic rings. The lowest BCUT2D eigenvalue weighted by Gasteiger charge is -2.32. The lowest BCUT2D eigenvalue weighted by molar-refractivity contribution is -0.139. The van der Waals surface area contributed by atoms with Crippen molar-refractivity contribution in [3.8, 4) is 0 Å². The van der Waals surface area contributed by atoms with Crippen molar-refractivity contribution in [2.24, 2.45) is 0 Å². The average molecular weight is 544 g/mol. The first-order chi connectivity index (χ1) is 17.9. The van der Waals surface area contributed by atoms with E-state index in [0.717, 1.165) is 22.0 Å². The number of nitrogens with zero attached hydrogens (tertiary/aromatic N) is 2. The molecule has 1 N–H and O–H groups in total. The van der Waals surface area contributed by atoms with Crippen molar-refractivity contribution in [3.63, 3.8) is 0 Å². The molecule has 3 aromatic carbocycles. The topological polar surface area (TPSA) is 86.8 Å². The number of aryl methyl sites for hydroxylation is 1. The molecule has 0 radical (unpaired) electrons. The van der Waals surface area contributed by atoms with E-state index >= 15 is 0 Å². The summed E-state index contributed by atoms with van der Waals surface area (Å²) < 4.78 is 55.4. The maximum atomic E-state index is 13.7. The zero-order chi connectivity index (χ0) is 28.0. The molecule has 1 unspecified atom stereocenters. The highest BCUT2D eigenvalue weighted by molar-refractivity contribution is 7.92. The molecule has 202 valence electrons. The third-order valence-corrected chi connectivity index (χ3v) is 7.65. The predicted octanol–water partition coefficient (Wildman–Crippen LogP) is 4.41. The average Bonchev–Trinajstić information content (AvgIpc) is 2.87. The van der Waals surface area contributed by atoms with E-state index in [1.807, 2.05) is 6.92 Å². The Bertz CT molecular complexity index is 1360. The summed E-state index contributed by atoms with van der Waals surface area (Å²) in [6.07, 6.45) is 0. The summed E-state index contributed by atoms with van der Waals surface area (Å²) in [4.78, 5) is 27.8. The Morgan fingerprint density at radius 1 is 0.842 bits per heavy atom. The minimum atomic E-state index is -4.24. The van der Waals surface area contributed by atoms with Crippen LogP contribution in [0.3, 0.4) is 0 Å². The van der Waals surface area contributed by atoms with E-state index in [4.69, 9.17) is 0 Å². The summed E-state index contributed by atoms with van der Waals surface area (Å²) in [5.41, 5.74) is 1.49. The first kappa shape index (κ1) is 28.8. The van der Waals surface area contributed by atoms with Crippen molar-refractivity contribution in [2.45, 2.75) is 51.2 Å². The molecule has 1 atom stereocenters. The van der Waals surface area contributed by atoms with Crippen LogP contribution in [-0.2, 0) is 26.2 Å². The number of benzene rings is 3. The van der Waals surface area contributed by atoms with Crippen molar-refractivity contribution in [1.82, 2.24) is 10.2 Å². The Kier molecular flexibility index (Phi) is 9.22. The van der Waals surface area contributed by atoms with Crippen LogP contribution in [0, 0.1) is 18.6 Å². The van der Waals surface area contributed by atoms with E-state index in [9.17, 15) is 26.8 Å². The highest BCUT2D eigenvalue weighted by Gasteiger charge is 2.32. The van der Waals surface area contributed by atoms with Crippen LogP contribution in [0.2, 0.25) is 0 Å². The van der Waals surface area contributed by atoms with Gasteiger partial charge >= 0.3 is 0 Å². The largest absolute Gasteiger partial charge is 0.352 e. The summed E-state index contributed by atoms with van der Waals surface area (Å²) in [6.45, 7) is 6.20. The number of nitrogens with one attached hydrogen (secondary N) is 1. The summed E-state index contributed by atoms with van der Waals surface area (Å²) >= 11 is 0. The molecule has 0 aliphatic heterocycles. The molecule has 38 heavy (non-hydrogen) atoms. The molecule has 3 rings (SSSR count). The normalized spacial score (nSPS) is 12.2. The van der Waals surface area contributed by atoms with Gasteiger partial charge < -0.3 is 10.2 Å². The third kappa shape index (κ3) is 7.16. The van der Waals surface area contributed by atoms with Crippen LogP contribution in [0.1, 0.15) is 31.9 Å². The Balaban J connectivity index is 2.02. The predicted molar refractivity (Wildman–Crippen MR) is 142 cm³/mol. The van der Waals surface area contributed by atoms with Gasteiger partial charge in [-0.1, -0.05) is 29.8 Å². The number of sulfonamides is 1. The number of carbonyl (C=O) groups excluding carboxylic acids is 2. The van der Waals surface area contributed by atoms with Gasteiger partial charge in [-0.15, -0.1) is 0 Å². The smallest absolute Gasteiger partial charge is 0.264 e. The molecule has 2 amide bonds. The van der Waals surface area contributed by atoms with E-state index < -0.39 is 46.1 Å². The summed E-state index contributed by atoms with van der Waals surface area (Å²) in [5, 5.41) is 2.76. The van der Waals surface area contributed by atoms with Crippen LogP contribution < -0.4 is 9.62 Å². The quantitative estimate of drug-likeness (QED) is 0.411. The molecule has 0 fully saturated rings. The fraction of sp³-hybridized carbons (Fsp3) is 0.286. The molecule has 0 bridgehead atoms. The fourth-order valence-electron chi connectivity index (χ4n) is 3.75. The molecular formula is C28H31F2N3O4S. The van der Waals surface area contributed by atoms with Crippen LogP contribution in [0.15, 0.2) is 77.7 Å². The van der Waals surface area contributed by atoms with Gasteiger partial charge in [-0.05, 0) is 81.8 Å². The molecule has 0 aliphatic carbocycles. The van der Waals surface area contributed by atoms with Gasteiger partial charge in [0.05, 0.1) is 10.6 Å². The second-order valence-corrected chi connectivity index (χ2v) is 11.2. The van der Waals surface area contributed by atoms with Crippen LogP contribution in [0.5, 0.6) is 0 Å². The highest BCUT2D eigenvalue weighted by Crippen LogP contribution is 2.25. The molecule has 0 heterocycles. The van der Waals surface area contributed by atoms with Crippen molar-refractivity contribution in [2.75, 3.05) is 10.8 Å². The van der Waals surface area contributed by atoms with Crippen LogP contribution in [0.25, 0.3) is 0 Å². The van der Waals surface area contributed by atoms with Gasteiger partial charge in [0.1, 0.15) is 24.2 Å². The van der Waals surface area contributed by atoms with Gasteiger partial charge in [0.25, 0.3) is 10.0 Å². The van der Waals surface area contributed by atoms with Crippen molar-refractivity contribution >= 4 is 27.5 Å². The van der Waals surface area contributed by atoms with Crippen molar-refractivity contribution in [3.05, 3.63) is 95.6 Å². The number of anilines is 1. The number of rotatable bonds is 10. The lowest BCUT2D eigenvalue weighted by atomic mass is 10.1. The number of amides is 2. The molecule has 3 aromatic rings. The first-order valence-corrected chi connectivity index (χ1v) is 13.5. The second kappa shape index (κ2) is 12.2. The number of halogens is 2. The van der Waals surface area contributed by atoms with Gasteiger partial charge in [-0.2, -0.15) is 0 Å². The Morgan fingerprint density at radius 3 is 1.89 bits per heavy atom. The lowest BCUT2D eigenvalue weighted by Crippen LogP contribution is -2.52. The first-order valence-electron chi connectivity index (χ1n) is 12.1. The molecule has 10 heteroatoms. The molecule has 0 spiro atoms. The maximum absolute atomic E-state index is 13.7. The summed E-state index contributed by atoms with van der Waals surface area (Å²) in [7, 11) is -4.24. The standard InChI is InChI=1S/C28H31F2N3O4S/c1-19(2)31-28(35)21(4)32(17-22-7-9-23(29)10-8-22)27(34)18-33(25-13-11-24(30)12-14-25)38(36,37)26-15-5-20(3)6-16-26/h5-16,19,21H,17-18H2,1-4H3,(H,31,35). The summed E-state index contributed by atoms with van der Waals surface area (Å²) in [6, 6.07) is 15.2. The zero-order valence-electron chi connectivity index (χ0n) is 21.7. The van der Waals surface area contributed by atoms with E-state index in [1.54, 1.807) is 26.0 Å². The highest BCUT2D eigenvalue weighted by atomic mass is 32.2. The Hall–Kier alpha value is -3.79. The van der Waals surface area contributed by atoms with Crippen LogP contribution in [-0.4, -0.2) is 43.8 Å². The molecule has 0 saturated heterocycles.